The maximum atomic E-state index is 12.4. The maximum Gasteiger partial charge on any atom is 0.331 e. The molecule has 1 aliphatic heterocycles. The number of hydrogen-bond donors (Lipinski definition) is 2. The van der Waals surface area contributed by atoms with Crippen LogP contribution in [0, 0.1) is 11.8 Å². The van der Waals surface area contributed by atoms with Gasteiger partial charge in [-0.1, -0.05) is 26.2 Å². The molecule has 0 aromatic heterocycles. The third kappa shape index (κ3) is 3.96. The van der Waals surface area contributed by atoms with Crippen molar-refractivity contribution in [3.63, 3.8) is 0 Å². The first kappa shape index (κ1) is 16.3. The number of hydrogen-bond acceptors (Lipinski definition) is 3. The fourth-order valence-electron chi connectivity index (χ4n) is 3.43. The van der Waals surface area contributed by atoms with Gasteiger partial charge in [-0.3, -0.25) is 4.79 Å². The third-order valence-corrected chi connectivity index (χ3v) is 4.98. The first-order valence-electron chi connectivity index (χ1n) is 8.20. The van der Waals surface area contributed by atoms with Crippen molar-refractivity contribution in [1.29, 1.82) is 0 Å². The molecule has 0 aromatic rings. The van der Waals surface area contributed by atoms with Crippen LogP contribution < -0.4 is 5.32 Å². The minimum absolute atomic E-state index is 0.0281. The summed E-state index contributed by atoms with van der Waals surface area (Å²) in [4.78, 5) is 23.8. The summed E-state index contributed by atoms with van der Waals surface area (Å²) in [5.41, 5.74) is -1.20. The maximum absolute atomic E-state index is 12.4. The average Bonchev–Trinajstić information content (AvgIpc) is 2.95. The van der Waals surface area contributed by atoms with E-state index in [0.717, 1.165) is 31.6 Å². The van der Waals surface area contributed by atoms with Crippen LogP contribution in [-0.4, -0.2) is 35.7 Å². The summed E-state index contributed by atoms with van der Waals surface area (Å²) < 4.78 is 5.18. The van der Waals surface area contributed by atoms with Gasteiger partial charge in [0.25, 0.3) is 0 Å². The van der Waals surface area contributed by atoms with E-state index in [1.165, 1.54) is 19.3 Å². The third-order valence-electron chi connectivity index (χ3n) is 4.98. The highest BCUT2D eigenvalue weighted by Crippen LogP contribution is 2.32. The summed E-state index contributed by atoms with van der Waals surface area (Å²) in [5, 5.41) is 12.1. The molecule has 2 fully saturated rings. The van der Waals surface area contributed by atoms with Crippen LogP contribution >= 0.6 is 0 Å². The molecule has 0 bridgehead atoms. The van der Waals surface area contributed by atoms with E-state index in [2.05, 4.69) is 12.2 Å². The van der Waals surface area contributed by atoms with Crippen LogP contribution in [0.2, 0.25) is 0 Å². The van der Waals surface area contributed by atoms with Gasteiger partial charge in [0.15, 0.2) is 5.54 Å². The summed E-state index contributed by atoms with van der Waals surface area (Å²) in [5.74, 6) is -0.362. The van der Waals surface area contributed by atoms with Gasteiger partial charge in [0.1, 0.15) is 0 Å². The number of amides is 1. The Labute approximate surface area is 126 Å². The Morgan fingerprint density at radius 2 is 2.00 bits per heavy atom. The zero-order valence-electron chi connectivity index (χ0n) is 12.9. The molecule has 1 saturated carbocycles. The van der Waals surface area contributed by atoms with Crippen molar-refractivity contribution < 1.29 is 19.4 Å². The molecule has 1 aliphatic carbocycles. The smallest absolute Gasteiger partial charge is 0.331 e. The van der Waals surface area contributed by atoms with E-state index in [4.69, 9.17) is 4.74 Å². The lowest BCUT2D eigenvalue weighted by Gasteiger charge is -2.31. The van der Waals surface area contributed by atoms with Crippen molar-refractivity contribution in [2.45, 2.75) is 63.8 Å². The van der Waals surface area contributed by atoms with Crippen LogP contribution in [0.15, 0.2) is 0 Å². The summed E-state index contributed by atoms with van der Waals surface area (Å²) in [7, 11) is 0. The largest absolute Gasteiger partial charge is 0.479 e. The Morgan fingerprint density at radius 1 is 1.29 bits per heavy atom. The SMILES string of the molecule is CCCCC1CCC(C(=O)NC2(C(=O)O)CCOC2)CC1. The summed E-state index contributed by atoms with van der Waals surface area (Å²) in [6.07, 6.45) is 8.07. The molecular formula is C16H27NO4. The van der Waals surface area contributed by atoms with Crippen molar-refractivity contribution in [2.75, 3.05) is 13.2 Å². The Bertz CT molecular complexity index is 368. The Hall–Kier alpha value is -1.10. The number of aliphatic carboxylic acids is 1. The highest BCUT2D eigenvalue weighted by atomic mass is 16.5. The van der Waals surface area contributed by atoms with Gasteiger partial charge in [0, 0.05) is 18.9 Å². The minimum Gasteiger partial charge on any atom is -0.479 e. The van der Waals surface area contributed by atoms with E-state index in [0.29, 0.717) is 13.0 Å². The molecule has 0 radical (unpaired) electrons. The first-order chi connectivity index (χ1) is 10.1. The molecule has 5 nitrogen and oxygen atoms in total. The second kappa shape index (κ2) is 7.25. The van der Waals surface area contributed by atoms with Crippen LogP contribution in [0.3, 0.4) is 0 Å². The molecule has 0 aromatic carbocycles. The van der Waals surface area contributed by atoms with Gasteiger partial charge in [0.05, 0.1) is 6.61 Å². The average molecular weight is 297 g/mol. The number of carboxylic acids is 1. The number of nitrogens with one attached hydrogen (secondary N) is 1. The lowest BCUT2D eigenvalue weighted by atomic mass is 9.79. The van der Waals surface area contributed by atoms with Crippen LogP contribution in [-0.2, 0) is 14.3 Å². The van der Waals surface area contributed by atoms with Crippen molar-refractivity contribution in [3.8, 4) is 0 Å². The van der Waals surface area contributed by atoms with Crippen LogP contribution in [0.4, 0.5) is 0 Å². The zero-order valence-corrected chi connectivity index (χ0v) is 12.9. The van der Waals surface area contributed by atoms with Crippen LogP contribution in [0.5, 0.6) is 0 Å². The molecular weight excluding hydrogens is 270 g/mol. The van der Waals surface area contributed by atoms with E-state index in [-0.39, 0.29) is 18.4 Å². The molecule has 2 rings (SSSR count). The predicted molar refractivity (Wildman–Crippen MR) is 78.9 cm³/mol. The summed E-state index contributed by atoms with van der Waals surface area (Å²) in [6.45, 7) is 2.68. The van der Waals surface area contributed by atoms with Gasteiger partial charge >= 0.3 is 5.97 Å². The lowest BCUT2D eigenvalue weighted by Crippen LogP contribution is -2.56. The Kier molecular flexibility index (Phi) is 5.62. The molecule has 1 amide bonds. The number of carboxylic acid groups (broad SMARTS) is 1. The minimum atomic E-state index is -1.20. The van der Waals surface area contributed by atoms with Crippen molar-refractivity contribution in [3.05, 3.63) is 0 Å². The molecule has 0 spiro atoms. The van der Waals surface area contributed by atoms with Gasteiger partial charge in [-0.2, -0.15) is 0 Å². The van der Waals surface area contributed by atoms with Crippen molar-refractivity contribution >= 4 is 11.9 Å². The predicted octanol–water partition coefficient (Wildman–Crippen LogP) is 2.34. The zero-order chi connectivity index (χ0) is 15.3. The standard InChI is InChI=1S/C16H27NO4/c1-2-3-4-12-5-7-13(8-6-12)14(18)17-16(15(19)20)9-10-21-11-16/h12-13H,2-11H2,1H3,(H,17,18)(H,19,20). The molecule has 120 valence electrons. The van der Waals surface area contributed by atoms with Crippen molar-refractivity contribution in [1.82, 2.24) is 5.32 Å². The van der Waals surface area contributed by atoms with E-state index < -0.39 is 11.5 Å². The van der Waals surface area contributed by atoms with Gasteiger partial charge in [-0.15, -0.1) is 0 Å². The van der Waals surface area contributed by atoms with Gasteiger partial charge in [-0.25, -0.2) is 4.79 Å². The monoisotopic (exact) mass is 297 g/mol. The number of unbranched alkanes of at least 4 members (excludes halogenated alkanes) is 1. The molecule has 1 unspecified atom stereocenters. The van der Waals surface area contributed by atoms with E-state index in [9.17, 15) is 14.7 Å². The van der Waals surface area contributed by atoms with Crippen LogP contribution in [0.1, 0.15) is 58.3 Å². The van der Waals surface area contributed by atoms with Crippen molar-refractivity contribution in [2.24, 2.45) is 11.8 Å². The molecule has 2 aliphatic rings. The highest BCUT2D eigenvalue weighted by molar-refractivity contribution is 5.88. The molecule has 1 saturated heterocycles. The highest BCUT2D eigenvalue weighted by Gasteiger charge is 2.45. The molecule has 1 heterocycles. The van der Waals surface area contributed by atoms with Crippen LogP contribution in [0.25, 0.3) is 0 Å². The second-order valence-electron chi connectivity index (χ2n) is 6.54. The Balaban J connectivity index is 1.83. The molecule has 1 atom stereocenters. The number of carbonyl (C=O) groups excluding carboxylic acids is 1. The van der Waals surface area contributed by atoms with E-state index in [1.807, 2.05) is 0 Å². The first-order valence-corrected chi connectivity index (χ1v) is 8.20. The number of rotatable bonds is 6. The van der Waals surface area contributed by atoms with E-state index >= 15 is 0 Å². The number of carbonyl (C=O) groups is 2. The number of ether oxygens (including phenoxy) is 1. The Morgan fingerprint density at radius 3 is 2.52 bits per heavy atom. The topological polar surface area (TPSA) is 75.6 Å². The molecule has 5 heteroatoms. The van der Waals surface area contributed by atoms with E-state index in [1.54, 1.807) is 0 Å². The summed E-state index contributed by atoms with van der Waals surface area (Å²) >= 11 is 0. The van der Waals surface area contributed by atoms with Gasteiger partial charge in [0.2, 0.25) is 5.91 Å². The lowest BCUT2D eigenvalue weighted by molar-refractivity contribution is -0.148. The normalized spacial score (nSPS) is 32.8. The van der Waals surface area contributed by atoms with Gasteiger partial charge in [-0.05, 0) is 31.6 Å². The quantitative estimate of drug-likeness (QED) is 0.789. The second-order valence-corrected chi connectivity index (χ2v) is 6.54. The molecule has 2 N–H and O–H groups in total. The fourth-order valence-corrected chi connectivity index (χ4v) is 3.43. The fraction of sp³-hybridized carbons (Fsp3) is 0.875. The van der Waals surface area contributed by atoms with Gasteiger partial charge < -0.3 is 15.2 Å². The summed E-state index contributed by atoms with van der Waals surface area (Å²) in [6, 6.07) is 0. The molecule has 21 heavy (non-hydrogen) atoms.